The van der Waals surface area contributed by atoms with Gasteiger partial charge in [0.25, 0.3) is 5.92 Å². The summed E-state index contributed by atoms with van der Waals surface area (Å²) in [5, 5.41) is 0. The van der Waals surface area contributed by atoms with Crippen LogP contribution in [-0.2, 0) is 10.3 Å². The molecule has 1 amide bonds. The first-order chi connectivity index (χ1) is 15.1. The van der Waals surface area contributed by atoms with Crippen molar-refractivity contribution in [2.75, 3.05) is 19.7 Å². The molecule has 1 aliphatic carbocycles. The lowest BCUT2D eigenvalue weighted by atomic mass is 9.83. The number of amides is 1. The molecule has 32 heavy (non-hydrogen) atoms. The van der Waals surface area contributed by atoms with Crippen molar-refractivity contribution >= 4 is 5.91 Å². The van der Waals surface area contributed by atoms with Gasteiger partial charge in [-0.25, -0.2) is 13.2 Å². The molecular formula is C22H25F3N4O3. The number of carbonyl (C=O) groups is 1. The second-order valence-electron chi connectivity index (χ2n) is 8.69. The molecule has 10 heteroatoms. The van der Waals surface area contributed by atoms with Gasteiger partial charge in [0.1, 0.15) is 5.54 Å². The average Bonchev–Trinajstić information content (AvgIpc) is 3.57. The van der Waals surface area contributed by atoms with E-state index in [2.05, 4.69) is 9.97 Å². The predicted octanol–water partition coefficient (Wildman–Crippen LogP) is 2.52. The van der Waals surface area contributed by atoms with Crippen LogP contribution in [0.2, 0.25) is 0 Å². The highest BCUT2D eigenvalue weighted by atomic mass is 19.3. The van der Waals surface area contributed by atoms with Crippen LogP contribution < -0.4 is 16.0 Å². The maximum atomic E-state index is 14.8. The molecule has 172 valence electrons. The molecule has 2 aliphatic rings. The van der Waals surface area contributed by atoms with Crippen molar-refractivity contribution < 1.29 is 22.7 Å². The van der Waals surface area contributed by atoms with Gasteiger partial charge in [-0.05, 0) is 31.2 Å². The van der Waals surface area contributed by atoms with Gasteiger partial charge in [0.2, 0.25) is 11.5 Å². The van der Waals surface area contributed by atoms with Gasteiger partial charge in [-0.1, -0.05) is 6.07 Å². The van der Waals surface area contributed by atoms with Crippen LogP contribution in [0.1, 0.15) is 43.4 Å². The van der Waals surface area contributed by atoms with Crippen LogP contribution in [0.3, 0.4) is 0 Å². The minimum atomic E-state index is -3.06. The molecule has 3 heterocycles. The van der Waals surface area contributed by atoms with Crippen LogP contribution >= 0.6 is 0 Å². The van der Waals surface area contributed by atoms with E-state index in [4.69, 9.17) is 10.5 Å². The fraction of sp³-hybridized carbons (Fsp3) is 0.500. The lowest BCUT2D eigenvalue weighted by Gasteiger charge is -2.46. The van der Waals surface area contributed by atoms with Crippen molar-refractivity contribution in [3.63, 3.8) is 0 Å². The largest absolute Gasteiger partial charge is 0.489 e. The van der Waals surface area contributed by atoms with Gasteiger partial charge in [0.15, 0.2) is 11.6 Å². The first kappa shape index (κ1) is 22.3. The molecule has 1 aliphatic heterocycles. The number of piperidine rings is 1. The summed E-state index contributed by atoms with van der Waals surface area (Å²) in [7, 11) is 0. The van der Waals surface area contributed by atoms with Crippen LogP contribution in [0.5, 0.6) is 5.75 Å². The number of nitrogens with two attached hydrogens (primary N) is 1. The minimum absolute atomic E-state index is 0.0201. The number of carbonyl (C=O) groups excluding carboxylic acids is 1. The summed E-state index contributed by atoms with van der Waals surface area (Å²) in [6, 6.07) is 3.59. The number of ether oxygens (including phenoxy) is 1. The molecule has 1 saturated carbocycles. The Kier molecular flexibility index (Phi) is 5.74. The average molecular weight is 450 g/mol. The Morgan fingerprint density at radius 1 is 1.41 bits per heavy atom. The van der Waals surface area contributed by atoms with Gasteiger partial charge < -0.3 is 15.5 Å². The van der Waals surface area contributed by atoms with Crippen molar-refractivity contribution in [3.05, 3.63) is 58.0 Å². The van der Waals surface area contributed by atoms with E-state index in [0.717, 1.165) is 18.9 Å². The number of hydrogen-bond acceptors (Lipinski definition) is 5. The van der Waals surface area contributed by atoms with Crippen LogP contribution in [0.4, 0.5) is 13.2 Å². The van der Waals surface area contributed by atoms with Crippen LogP contribution in [-0.4, -0.2) is 46.4 Å². The lowest BCUT2D eigenvalue weighted by Crippen LogP contribution is -2.59. The molecule has 0 bridgehead atoms. The van der Waals surface area contributed by atoms with E-state index in [9.17, 15) is 22.8 Å². The van der Waals surface area contributed by atoms with Crippen LogP contribution in [0, 0.1) is 11.7 Å². The quantitative estimate of drug-likeness (QED) is 0.675. The summed E-state index contributed by atoms with van der Waals surface area (Å²) in [6.45, 7) is 1.47. The Morgan fingerprint density at radius 3 is 2.75 bits per heavy atom. The first-order valence-corrected chi connectivity index (χ1v) is 10.5. The number of likely N-dealkylation sites (tertiary alicyclic amines) is 1. The molecule has 3 N–H and O–H groups in total. The Bertz CT molecular complexity index is 1050. The van der Waals surface area contributed by atoms with Gasteiger partial charge in [0.05, 0.1) is 24.4 Å². The SMILES string of the molecule is CC(C(N)=O)(c1cc(F)c(OCC2CC2)cn1)N1CCC(F)(F)[C@@H](c2ccc(=O)[nH]c2)C1. The Hall–Kier alpha value is -2.88. The van der Waals surface area contributed by atoms with Crippen molar-refractivity contribution in [1.82, 2.24) is 14.9 Å². The highest BCUT2D eigenvalue weighted by Gasteiger charge is 2.51. The van der Waals surface area contributed by atoms with Crippen LogP contribution in [0.25, 0.3) is 0 Å². The standard InChI is InChI=1S/C22H25F3N4O3/c1-21(20(26)31,18-8-16(23)17(10-27-18)32-12-13-2-3-13)29-7-6-22(24,25)15(11-29)14-4-5-19(30)28-9-14/h4-5,8-10,13,15H,2-3,6-7,11-12H2,1H3,(H2,26,31)(H,28,30)/t15-,21?/m1/s1. The van der Waals surface area contributed by atoms with E-state index in [1.807, 2.05) is 0 Å². The lowest BCUT2D eigenvalue weighted by molar-refractivity contribution is -0.139. The summed E-state index contributed by atoms with van der Waals surface area (Å²) < 4.78 is 49.7. The zero-order valence-electron chi connectivity index (χ0n) is 17.6. The maximum absolute atomic E-state index is 14.8. The number of aromatic amines is 1. The second kappa shape index (κ2) is 8.23. The normalized spacial score (nSPS) is 22.8. The monoisotopic (exact) mass is 450 g/mol. The predicted molar refractivity (Wildman–Crippen MR) is 110 cm³/mol. The summed E-state index contributed by atoms with van der Waals surface area (Å²) >= 11 is 0. The number of H-pyrrole nitrogens is 1. The Labute approximate surface area is 182 Å². The van der Waals surface area contributed by atoms with Crippen molar-refractivity contribution in [2.24, 2.45) is 11.7 Å². The van der Waals surface area contributed by atoms with Crippen molar-refractivity contribution in [2.45, 2.75) is 43.6 Å². The molecule has 0 aromatic carbocycles. The number of aromatic nitrogens is 2. The van der Waals surface area contributed by atoms with Crippen LogP contribution in [0.15, 0.2) is 35.4 Å². The van der Waals surface area contributed by atoms with Gasteiger partial charge in [-0.2, -0.15) is 0 Å². The number of nitrogens with one attached hydrogen (secondary N) is 1. The Morgan fingerprint density at radius 2 is 2.16 bits per heavy atom. The molecule has 0 spiro atoms. The van der Waals surface area contributed by atoms with Gasteiger partial charge in [-0.3, -0.25) is 19.5 Å². The topological polar surface area (TPSA) is 101 Å². The number of hydrogen-bond donors (Lipinski definition) is 2. The molecule has 2 atom stereocenters. The van der Waals surface area contributed by atoms with E-state index in [1.165, 1.54) is 36.4 Å². The number of alkyl halides is 2. The molecule has 1 saturated heterocycles. The fourth-order valence-electron chi connectivity index (χ4n) is 4.03. The maximum Gasteiger partial charge on any atom is 0.257 e. The highest BCUT2D eigenvalue weighted by molar-refractivity contribution is 5.85. The summed E-state index contributed by atoms with van der Waals surface area (Å²) in [5.41, 5.74) is 3.92. The van der Waals surface area contributed by atoms with Crippen molar-refractivity contribution in [1.29, 1.82) is 0 Å². The fourth-order valence-corrected chi connectivity index (χ4v) is 4.03. The molecule has 4 rings (SSSR count). The summed E-state index contributed by atoms with van der Waals surface area (Å²) in [5.74, 6) is -5.48. The number of primary amides is 1. The number of nitrogens with zero attached hydrogens (tertiary/aromatic N) is 2. The third kappa shape index (κ3) is 4.23. The zero-order chi connectivity index (χ0) is 23.1. The molecule has 2 aromatic rings. The van der Waals surface area contributed by atoms with Crippen molar-refractivity contribution in [3.8, 4) is 5.75 Å². The number of pyridine rings is 2. The second-order valence-corrected chi connectivity index (χ2v) is 8.69. The van der Waals surface area contributed by atoms with Gasteiger partial charge in [-0.15, -0.1) is 0 Å². The zero-order valence-corrected chi connectivity index (χ0v) is 17.6. The third-order valence-corrected chi connectivity index (χ3v) is 6.44. The minimum Gasteiger partial charge on any atom is -0.489 e. The number of halogens is 3. The van der Waals surface area contributed by atoms with E-state index in [1.54, 1.807) is 0 Å². The molecule has 0 radical (unpaired) electrons. The molecule has 7 nitrogen and oxygen atoms in total. The van der Waals surface area contributed by atoms with E-state index < -0.39 is 41.1 Å². The molecule has 1 unspecified atom stereocenters. The van der Waals surface area contributed by atoms with E-state index >= 15 is 0 Å². The Balaban J connectivity index is 1.63. The smallest absolute Gasteiger partial charge is 0.257 e. The van der Waals surface area contributed by atoms with E-state index in [0.29, 0.717) is 12.5 Å². The highest BCUT2D eigenvalue weighted by Crippen LogP contribution is 2.43. The van der Waals surface area contributed by atoms with Gasteiger partial charge in [0, 0.05) is 37.8 Å². The van der Waals surface area contributed by atoms with Gasteiger partial charge >= 0.3 is 0 Å². The first-order valence-electron chi connectivity index (χ1n) is 10.5. The summed E-state index contributed by atoms with van der Waals surface area (Å²) in [4.78, 5) is 32.0. The third-order valence-electron chi connectivity index (χ3n) is 6.44. The molecule has 2 aromatic heterocycles. The van der Waals surface area contributed by atoms with E-state index in [-0.39, 0.29) is 30.1 Å². The molecule has 2 fully saturated rings. The number of rotatable bonds is 7. The molecular weight excluding hydrogens is 425 g/mol. The summed E-state index contributed by atoms with van der Waals surface area (Å²) in [6.07, 6.45) is 4.00.